The Balaban J connectivity index is 1.69. The minimum atomic E-state index is -0.630. The predicted molar refractivity (Wildman–Crippen MR) is 106 cm³/mol. The van der Waals surface area contributed by atoms with Crippen LogP contribution in [0.5, 0.6) is 5.88 Å². The summed E-state index contributed by atoms with van der Waals surface area (Å²) in [7, 11) is 1.56. The summed E-state index contributed by atoms with van der Waals surface area (Å²) in [6.07, 6.45) is 1.27. The molecule has 1 saturated heterocycles. The standard InChI is InChI=1S/C20H20ClN3O4/c1-20(2)10-17(25)24(18(26)11-20)15-8-9-16(22-12-15)28-19(27)23(3)14-6-4-13(21)5-7-14/h4-9,12H,10-11H2,1-3H3. The molecule has 2 aromatic rings. The topological polar surface area (TPSA) is 79.8 Å². The molecule has 3 rings (SSSR count). The Morgan fingerprint density at radius 1 is 1.11 bits per heavy atom. The first kappa shape index (κ1) is 19.8. The zero-order valence-corrected chi connectivity index (χ0v) is 16.6. The second-order valence-corrected chi connectivity index (χ2v) is 7.84. The van der Waals surface area contributed by atoms with Crippen LogP contribution in [0.25, 0.3) is 0 Å². The van der Waals surface area contributed by atoms with E-state index in [9.17, 15) is 14.4 Å². The Labute approximate surface area is 167 Å². The number of piperidine rings is 1. The average Bonchev–Trinajstić information content (AvgIpc) is 2.61. The third kappa shape index (κ3) is 4.31. The Morgan fingerprint density at radius 2 is 1.71 bits per heavy atom. The van der Waals surface area contributed by atoms with Crippen molar-refractivity contribution in [3.8, 4) is 5.88 Å². The largest absolute Gasteiger partial charge is 0.420 e. The van der Waals surface area contributed by atoms with E-state index < -0.39 is 6.09 Å². The number of imide groups is 1. The highest BCUT2D eigenvalue weighted by Crippen LogP contribution is 2.34. The molecule has 7 nitrogen and oxygen atoms in total. The number of benzene rings is 1. The monoisotopic (exact) mass is 401 g/mol. The Morgan fingerprint density at radius 3 is 2.25 bits per heavy atom. The van der Waals surface area contributed by atoms with Gasteiger partial charge >= 0.3 is 6.09 Å². The quantitative estimate of drug-likeness (QED) is 0.725. The highest BCUT2D eigenvalue weighted by molar-refractivity contribution is 6.30. The SMILES string of the molecule is CN(C(=O)Oc1ccc(N2C(=O)CC(C)(C)CC2=O)cn1)c1ccc(Cl)cc1. The third-order valence-corrected chi connectivity index (χ3v) is 4.67. The van der Waals surface area contributed by atoms with Gasteiger partial charge in [0.25, 0.3) is 0 Å². The number of hydrogen-bond donors (Lipinski definition) is 0. The van der Waals surface area contributed by atoms with Crippen molar-refractivity contribution in [2.24, 2.45) is 5.41 Å². The van der Waals surface area contributed by atoms with Crippen LogP contribution in [0, 0.1) is 5.41 Å². The fourth-order valence-electron chi connectivity index (χ4n) is 2.96. The predicted octanol–water partition coefficient (Wildman–Crippen LogP) is 4.05. The number of halogens is 1. The zero-order valence-electron chi connectivity index (χ0n) is 15.8. The molecule has 1 aromatic carbocycles. The van der Waals surface area contributed by atoms with Crippen molar-refractivity contribution >= 4 is 40.9 Å². The molecule has 3 amide bonds. The normalized spacial score (nSPS) is 16.1. The summed E-state index contributed by atoms with van der Waals surface area (Å²) in [4.78, 5) is 43.4. The van der Waals surface area contributed by atoms with Crippen molar-refractivity contribution in [2.45, 2.75) is 26.7 Å². The first-order chi connectivity index (χ1) is 13.2. The van der Waals surface area contributed by atoms with Gasteiger partial charge < -0.3 is 4.74 Å². The Kier molecular flexibility index (Phi) is 5.38. The molecule has 1 aromatic heterocycles. The van der Waals surface area contributed by atoms with Gasteiger partial charge in [-0.05, 0) is 35.7 Å². The van der Waals surface area contributed by atoms with Crippen LogP contribution < -0.4 is 14.5 Å². The number of aromatic nitrogens is 1. The lowest BCUT2D eigenvalue weighted by Gasteiger charge is -2.34. The van der Waals surface area contributed by atoms with Gasteiger partial charge in [-0.15, -0.1) is 0 Å². The molecule has 1 aliphatic rings. The summed E-state index contributed by atoms with van der Waals surface area (Å²) < 4.78 is 5.24. The number of hydrogen-bond acceptors (Lipinski definition) is 5. The van der Waals surface area contributed by atoms with E-state index in [4.69, 9.17) is 16.3 Å². The molecule has 1 aliphatic heterocycles. The Bertz CT molecular complexity index is 890. The molecule has 0 spiro atoms. The summed E-state index contributed by atoms with van der Waals surface area (Å²) in [6, 6.07) is 9.70. The molecule has 0 atom stereocenters. The van der Waals surface area contributed by atoms with Gasteiger partial charge in [0.15, 0.2) is 0 Å². The minimum Gasteiger partial charge on any atom is -0.391 e. The second kappa shape index (κ2) is 7.59. The average molecular weight is 402 g/mol. The number of pyridine rings is 1. The van der Waals surface area contributed by atoms with Crippen LogP contribution in [0.1, 0.15) is 26.7 Å². The highest BCUT2D eigenvalue weighted by atomic mass is 35.5. The van der Waals surface area contributed by atoms with Crippen molar-refractivity contribution in [2.75, 3.05) is 16.8 Å². The first-order valence-corrected chi connectivity index (χ1v) is 9.07. The Hall–Kier alpha value is -2.93. The van der Waals surface area contributed by atoms with E-state index in [1.807, 2.05) is 13.8 Å². The van der Waals surface area contributed by atoms with E-state index in [-0.39, 0.29) is 36.0 Å². The molecule has 8 heteroatoms. The molecule has 28 heavy (non-hydrogen) atoms. The van der Waals surface area contributed by atoms with Gasteiger partial charge in [-0.3, -0.25) is 14.5 Å². The number of anilines is 2. The molecule has 0 N–H and O–H groups in total. The zero-order chi connectivity index (χ0) is 20.5. The van der Waals surface area contributed by atoms with Crippen molar-refractivity contribution in [1.29, 1.82) is 0 Å². The fraction of sp³-hybridized carbons (Fsp3) is 0.300. The van der Waals surface area contributed by atoms with Crippen LogP contribution in [0.2, 0.25) is 5.02 Å². The first-order valence-electron chi connectivity index (χ1n) is 8.69. The summed E-state index contributed by atoms with van der Waals surface area (Å²) in [5, 5.41) is 0.563. The maximum absolute atomic E-state index is 12.3. The van der Waals surface area contributed by atoms with Gasteiger partial charge in [-0.2, -0.15) is 0 Å². The maximum Gasteiger partial charge on any atom is 0.420 e. The van der Waals surface area contributed by atoms with Gasteiger partial charge in [0.2, 0.25) is 17.7 Å². The fourth-order valence-corrected chi connectivity index (χ4v) is 3.09. The molecule has 146 valence electrons. The van der Waals surface area contributed by atoms with E-state index in [2.05, 4.69) is 4.98 Å². The molecule has 0 bridgehead atoms. The molecule has 1 fully saturated rings. The summed E-state index contributed by atoms with van der Waals surface area (Å²) in [5.74, 6) is -0.475. The van der Waals surface area contributed by atoms with Crippen LogP contribution in [0.3, 0.4) is 0 Å². The third-order valence-electron chi connectivity index (χ3n) is 4.42. The van der Waals surface area contributed by atoms with Crippen LogP contribution in [0.15, 0.2) is 42.6 Å². The van der Waals surface area contributed by atoms with E-state index >= 15 is 0 Å². The highest BCUT2D eigenvalue weighted by Gasteiger charge is 2.38. The molecular weight excluding hydrogens is 382 g/mol. The van der Waals surface area contributed by atoms with Crippen LogP contribution >= 0.6 is 11.6 Å². The number of carbonyl (C=O) groups excluding carboxylic acids is 3. The molecule has 0 aliphatic carbocycles. The number of carbonyl (C=O) groups is 3. The van der Waals surface area contributed by atoms with Crippen molar-refractivity contribution in [3.63, 3.8) is 0 Å². The molecule has 2 heterocycles. The van der Waals surface area contributed by atoms with Crippen LogP contribution in [-0.2, 0) is 9.59 Å². The number of nitrogens with zero attached hydrogens (tertiary/aromatic N) is 3. The van der Waals surface area contributed by atoms with Gasteiger partial charge in [0, 0.05) is 36.7 Å². The summed E-state index contributed by atoms with van der Waals surface area (Å²) in [5.41, 5.74) is 0.620. The molecule has 0 unspecified atom stereocenters. The molecular formula is C20H20ClN3O4. The maximum atomic E-state index is 12.3. The molecule has 0 saturated carbocycles. The molecule has 0 radical (unpaired) electrons. The van der Waals surface area contributed by atoms with Crippen molar-refractivity contribution in [1.82, 2.24) is 4.98 Å². The van der Waals surface area contributed by atoms with Crippen LogP contribution in [-0.4, -0.2) is 29.9 Å². The van der Waals surface area contributed by atoms with Gasteiger partial charge in [0.05, 0.1) is 11.9 Å². The van der Waals surface area contributed by atoms with E-state index in [1.54, 1.807) is 31.3 Å². The van der Waals surface area contributed by atoms with E-state index in [0.717, 1.165) is 4.90 Å². The second-order valence-electron chi connectivity index (χ2n) is 7.40. The number of ether oxygens (including phenoxy) is 1. The number of amides is 3. The van der Waals surface area contributed by atoms with Gasteiger partial charge in [0.1, 0.15) is 0 Å². The van der Waals surface area contributed by atoms with Crippen molar-refractivity contribution in [3.05, 3.63) is 47.6 Å². The van der Waals surface area contributed by atoms with Crippen molar-refractivity contribution < 1.29 is 19.1 Å². The van der Waals surface area contributed by atoms with Gasteiger partial charge in [-0.1, -0.05) is 25.4 Å². The van der Waals surface area contributed by atoms with Gasteiger partial charge in [-0.25, -0.2) is 14.7 Å². The lowest BCUT2D eigenvalue weighted by Crippen LogP contribution is -2.46. The van der Waals surface area contributed by atoms with Crippen LogP contribution in [0.4, 0.5) is 16.2 Å². The number of rotatable bonds is 3. The minimum absolute atomic E-state index is 0.0619. The smallest absolute Gasteiger partial charge is 0.391 e. The lowest BCUT2D eigenvalue weighted by atomic mass is 9.81. The van der Waals surface area contributed by atoms with E-state index in [0.29, 0.717) is 16.4 Å². The lowest BCUT2D eigenvalue weighted by molar-refractivity contribution is -0.132. The van der Waals surface area contributed by atoms with E-state index in [1.165, 1.54) is 23.2 Å². The summed E-state index contributed by atoms with van der Waals surface area (Å²) >= 11 is 5.84. The summed E-state index contributed by atoms with van der Waals surface area (Å²) in [6.45, 7) is 3.77.